The molecule has 106 valence electrons. The van der Waals surface area contributed by atoms with Gasteiger partial charge in [0, 0.05) is 15.5 Å². The minimum atomic E-state index is 0.209. The van der Waals surface area contributed by atoms with E-state index in [1.54, 1.807) is 7.11 Å². The summed E-state index contributed by atoms with van der Waals surface area (Å²) >= 11 is 9.53. The lowest BCUT2D eigenvalue weighted by Crippen LogP contribution is -2.19. The van der Waals surface area contributed by atoms with Gasteiger partial charge in [0.05, 0.1) is 7.11 Å². The summed E-state index contributed by atoms with van der Waals surface area (Å²) in [6.45, 7) is 0. The monoisotopic (exact) mass is 353 g/mol. The van der Waals surface area contributed by atoms with E-state index in [2.05, 4.69) is 39.4 Å². The van der Waals surface area contributed by atoms with Crippen LogP contribution < -0.4 is 10.1 Å². The molecule has 1 N–H and O–H groups in total. The van der Waals surface area contributed by atoms with E-state index >= 15 is 0 Å². The lowest BCUT2D eigenvalue weighted by atomic mass is 9.99. The van der Waals surface area contributed by atoms with Gasteiger partial charge in [0.2, 0.25) is 0 Å². The molecule has 0 radical (unpaired) electrons. The number of benzene rings is 2. The second kappa shape index (κ2) is 7.11. The summed E-state index contributed by atoms with van der Waals surface area (Å²) in [6.07, 6.45) is 0.888. The first-order valence-electron chi connectivity index (χ1n) is 6.39. The predicted octanol–water partition coefficient (Wildman–Crippen LogP) is 4.61. The summed E-state index contributed by atoms with van der Waals surface area (Å²) in [4.78, 5) is 0. The van der Waals surface area contributed by atoms with Crippen molar-refractivity contribution in [2.24, 2.45) is 0 Å². The number of rotatable bonds is 5. The Morgan fingerprint density at radius 1 is 1.20 bits per heavy atom. The second-order valence-corrected chi connectivity index (χ2v) is 5.85. The van der Waals surface area contributed by atoms with Crippen LogP contribution in [0.2, 0.25) is 5.02 Å². The quantitative estimate of drug-likeness (QED) is 0.846. The Labute approximate surface area is 133 Å². The van der Waals surface area contributed by atoms with Gasteiger partial charge in [0.25, 0.3) is 0 Å². The van der Waals surface area contributed by atoms with E-state index in [9.17, 15) is 0 Å². The number of halogens is 2. The molecule has 0 fully saturated rings. The molecule has 2 aromatic carbocycles. The van der Waals surface area contributed by atoms with E-state index in [-0.39, 0.29) is 6.04 Å². The van der Waals surface area contributed by atoms with Gasteiger partial charge in [0.15, 0.2) is 0 Å². The molecule has 4 heteroatoms. The van der Waals surface area contributed by atoms with Crippen molar-refractivity contribution in [3.8, 4) is 5.75 Å². The van der Waals surface area contributed by atoms with E-state index in [1.807, 2.05) is 31.3 Å². The van der Waals surface area contributed by atoms with Crippen molar-refractivity contribution in [2.45, 2.75) is 12.5 Å². The molecule has 1 unspecified atom stereocenters. The van der Waals surface area contributed by atoms with Crippen LogP contribution in [0, 0.1) is 0 Å². The number of methoxy groups -OCH3 is 1. The molecule has 0 spiro atoms. The Morgan fingerprint density at radius 3 is 2.50 bits per heavy atom. The Kier molecular flexibility index (Phi) is 5.46. The molecule has 0 aliphatic rings. The molecule has 20 heavy (non-hydrogen) atoms. The fourth-order valence-electron chi connectivity index (χ4n) is 2.14. The number of hydrogen-bond donors (Lipinski definition) is 1. The molecular weight excluding hydrogens is 338 g/mol. The topological polar surface area (TPSA) is 21.3 Å². The highest BCUT2D eigenvalue weighted by atomic mass is 79.9. The van der Waals surface area contributed by atoms with Crippen LogP contribution in [0.25, 0.3) is 0 Å². The van der Waals surface area contributed by atoms with Gasteiger partial charge in [0.1, 0.15) is 5.75 Å². The molecule has 1 atom stereocenters. The average Bonchev–Trinajstić information content (AvgIpc) is 2.47. The molecule has 0 aliphatic heterocycles. The number of likely N-dealkylation sites (N-methyl/N-ethyl adjacent to an activating group) is 1. The van der Waals surface area contributed by atoms with Gasteiger partial charge in [-0.25, -0.2) is 0 Å². The largest absolute Gasteiger partial charge is 0.497 e. The normalized spacial score (nSPS) is 12.2. The van der Waals surface area contributed by atoms with Crippen molar-refractivity contribution >= 4 is 27.5 Å². The van der Waals surface area contributed by atoms with Crippen molar-refractivity contribution in [1.29, 1.82) is 0 Å². The molecule has 2 rings (SSSR count). The van der Waals surface area contributed by atoms with E-state index in [0.29, 0.717) is 0 Å². The summed E-state index contributed by atoms with van der Waals surface area (Å²) in [5.74, 6) is 0.861. The molecule has 0 aromatic heterocycles. The molecule has 0 amide bonds. The van der Waals surface area contributed by atoms with Gasteiger partial charge in [-0.15, -0.1) is 0 Å². The molecule has 0 saturated carbocycles. The van der Waals surface area contributed by atoms with Crippen LogP contribution in [0.1, 0.15) is 17.2 Å². The maximum absolute atomic E-state index is 5.92. The third kappa shape index (κ3) is 3.75. The highest BCUT2D eigenvalue weighted by molar-refractivity contribution is 9.10. The fraction of sp³-hybridized carbons (Fsp3) is 0.250. The zero-order chi connectivity index (χ0) is 14.5. The van der Waals surface area contributed by atoms with Crippen LogP contribution in [-0.2, 0) is 6.42 Å². The molecule has 0 bridgehead atoms. The minimum absolute atomic E-state index is 0.209. The molecule has 0 heterocycles. The number of hydrogen-bond acceptors (Lipinski definition) is 2. The minimum Gasteiger partial charge on any atom is -0.497 e. The first kappa shape index (κ1) is 15.4. The van der Waals surface area contributed by atoms with Crippen molar-refractivity contribution in [3.63, 3.8) is 0 Å². The van der Waals surface area contributed by atoms with Crippen LogP contribution in [0.4, 0.5) is 0 Å². The Balaban J connectivity index is 2.25. The Morgan fingerprint density at radius 2 is 1.90 bits per heavy atom. The van der Waals surface area contributed by atoms with E-state index in [4.69, 9.17) is 16.3 Å². The summed E-state index contributed by atoms with van der Waals surface area (Å²) in [6, 6.07) is 14.2. The van der Waals surface area contributed by atoms with Crippen LogP contribution in [0.15, 0.2) is 46.9 Å². The first-order chi connectivity index (χ1) is 9.63. The predicted molar refractivity (Wildman–Crippen MR) is 87.7 cm³/mol. The molecule has 2 nitrogen and oxygen atoms in total. The van der Waals surface area contributed by atoms with Crippen molar-refractivity contribution in [2.75, 3.05) is 14.2 Å². The van der Waals surface area contributed by atoms with Crippen LogP contribution in [-0.4, -0.2) is 14.2 Å². The van der Waals surface area contributed by atoms with Crippen LogP contribution in [0.3, 0.4) is 0 Å². The highest BCUT2D eigenvalue weighted by Crippen LogP contribution is 2.29. The van der Waals surface area contributed by atoms with Crippen LogP contribution in [0.5, 0.6) is 5.75 Å². The summed E-state index contributed by atoms with van der Waals surface area (Å²) < 4.78 is 6.38. The molecule has 0 saturated heterocycles. The lowest BCUT2D eigenvalue weighted by molar-refractivity contribution is 0.413. The molecule has 0 aliphatic carbocycles. The SMILES string of the molecule is CNC(Cc1ccc(Cl)cc1)c1cc(OC)ccc1Br. The fourth-order valence-corrected chi connectivity index (χ4v) is 2.79. The Bertz CT molecular complexity index is 571. The number of ether oxygens (including phenoxy) is 1. The van der Waals surface area contributed by atoms with E-state index < -0.39 is 0 Å². The van der Waals surface area contributed by atoms with Crippen molar-refractivity contribution in [3.05, 3.63) is 63.1 Å². The van der Waals surface area contributed by atoms with Gasteiger partial charge in [-0.1, -0.05) is 39.7 Å². The summed E-state index contributed by atoms with van der Waals surface area (Å²) in [5, 5.41) is 4.12. The first-order valence-corrected chi connectivity index (χ1v) is 7.56. The zero-order valence-corrected chi connectivity index (χ0v) is 13.8. The maximum Gasteiger partial charge on any atom is 0.119 e. The lowest BCUT2D eigenvalue weighted by Gasteiger charge is -2.19. The number of nitrogens with one attached hydrogen (secondary N) is 1. The second-order valence-electron chi connectivity index (χ2n) is 4.56. The van der Waals surface area contributed by atoms with Gasteiger partial charge in [-0.3, -0.25) is 0 Å². The van der Waals surface area contributed by atoms with Crippen LogP contribution >= 0.6 is 27.5 Å². The summed E-state index contributed by atoms with van der Waals surface area (Å²) in [5.41, 5.74) is 2.42. The maximum atomic E-state index is 5.92. The van der Waals surface area contributed by atoms with Crippen molar-refractivity contribution in [1.82, 2.24) is 5.32 Å². The standard InChI is InChI=1S/C16H17BrClNO/c1-19-16(9-11-3-5-12(18)6-4-11)14-10-13(20-2)7-8-15(14)17/h3-8,10,16,19H,9H2,1-2H3. The highest BCUT2D eigenvalue weighted by Gasteiger charge is 2.14. The third-order valence-electron chi connectivity index (χ3n) is 3.28. The molecular formula is C16H17BrClNO. The van der Waals surface area contributed by atoms with Gasteiger partial charge < -0.3 is 10.1 Å². The van der Waals surface area contributed by atoms with Gasteiger partial charge in [-0.05, 0) is 54.9 Å². The third-order valence-corrected chi connectivity index (χ3v) is 4.25. The van der Waals surface area contributed by atoms with Gasteiger partial charge in [-0.2, -0.15) is 0 Å². The Hall–Kier alpha value is -1.03. The van der Waals surface area contributed by atoms with E-state index in [0.717, 1.165) is 21.7 Å². The smallest absolute Gasteiger partial charge is 0.119 e. The molecule has 2 aromatic rings. The summed E-state index contributed by atoms with van der Waals surface area (Å²) in [7, 11) is 3.65. The average molecular weight is 355 g/mol. The van der Waals surface area contributed by atoms with Crippen molar-refractivity contribution < 1.29 is 4.74 Å². The van der Waals surface area contributed by atoms with Gasteiger partial charge >= 0.3 is 0 Å². The zero-order valence-electron chi connectivity index (χ0n) is 11.5. The van der Waals surface area contributed by atoms with E-state index in [1.165, 1.54) is 11.1 Å².